The largest absolute Gasteiger partial charge is 0.370 e. The third-order valence-electron chi connectivity index (χ3n) is 2.87. The first kappa shape index (κ1) is 8.53. The molecule has 0 amide bonds. The summed E-state index contributed by atoms with van der Waals surface area (Å²) < 4.78 is 2.07. The van der Waals surface area contributed by atoms with Gasteiger partial charge in [-0.3, -0.25) is 0 Å². The molecule has 0 saturated carbocycles. The maximum atomic E-state index is 4.37. The van der Waals surface area contributed by atoms with Crippen molar-refractivity contribution in [1.29, 1.82) is 0 Å². The molecule has 1 atom stereocenters. The Balaban J connectivity index is 2.03. The molecule has 1 N–H and O–H groups in total. The van der Waals surface area contributed by atoms with E-state index in [1.54, 1.807) is 0 Å². The fourth-order valence-corrected chi connectivity index (χ4v) is 2.14. The monoisotopic (exact) mass is 199 g/mol. The Bertz CT molecular complexity index is 447. The lowest BCUT2D eigenvalue weighted by molar-refractivity contribution is 0.482. The number of nitrogens with zero attached hydrogens (tertiary/aromatic N) is 2. The molecule has 3 rings (SSSR count). The van der Waals surface area contributed by atoms with Crippen molar-refractivity contribution in [1.82, 2.24) is 9.78 Å². The maximum Gasteiger partial charge on any atom is 0.124 e. The second kappa shape index (κ2) is 3.42. The highest BCUT2D eigenvalue weighted by atomic mass is 15.4. The van der Waals surface area contributed by atoms with Crippen molar-refractivity contribution >= 4 is 5.82 Å². The molecule has 0 fully saturated rings. The summed E-state index contributed by atoms with van der Waals surface area (Å²) in [6.07, 6.45) is 2.95. The van der Waals surface area contributed by atoms with Gasteiger partial charge in [0.25, 0.3) is 0 Å². The molecule has 1 aliphatic heterocycles. The van der Waals surface area contributed by atoms with E-state index in [9.17, 15) is 0 Å². The summed E-state index contributed by atoms with van der Waals surface area (Å²) >= 11 is 0. The fraction of sp³-hybridized carbons (Fsp3) is 0.250. The van der Waals surface area contributed by atoms with Crippen LogP contribution in [0.1, 0.15) is 18.0 Å². The lowest BCUT2D eigenvalue weighted by Crippen LogP contribution is -2.24. The summed E-state index contributed by atoms with van der Waals surface area (Å²) in [6.45, 7) is 1.02. The van der Waals surface area contributed by atoms with Gasteiger partial charge in [-0.05, 0) is 12.0 Å². The molecule has 1 aromatic carbocycles. The molecular weight excluding hydrogens is 186 g/mol. The predicted molar refractivity (Wildman–Crippen MR) is 59.9 cm³/mol. The van der Waals surface area contributed by atoms with Gasteiger partial charge in [-0.1, -0.05) is 30.3 Å². The van der Waals surface area contributed by atoms with E-state index < -0.39 is 0 Å². The Morgan fingerprint density at radius 1 is 1.20 bits per heavy atom. The Morgan fingerprint density at radius 3 is 2.93 bits per heavy atom. The van der Waals surface area contributed by atoms with Gasteiger partial charge in [0.15, 0.2) is 0 Å². The van der Waals surface area contributed by atoms with Crippen molar-refractivity contribution in [3.05, 3.63) is 48.2 Å². The molecule has 15 heavy (non-hydrogen) atoms. The minimum absolute atomic E-state index is 0.387. The summed E-state index contributed by atoms with van der Waals surface area (Å²) in [6, 6.07) is 13.0. The van der Waals surface area contributed by atoms with E-state index >= 15 is 0 Å². The van der Waals surface area contributed by atoms with Gasteiger partial charge < -0.3 is 5.32 Å². The lowest BCUT2D eigenvalue weighted by atomic mass is 10.0. The van der Waals surface area contributed by atoms with Crippen LogP contribution in [0.25, 0.3) is 0 Å². The van der Waals surface area contributed by atoms with Gasteiger partial charge in [0.1, 0.15) is 5.82 Å². The third kappa shape index (κ3) is 1.40. The fourth-order valence-electron chi connectivity index (χ4n) is 2.14. The van der Waals surface area contributed by atoms with Crippen molar-refractivity contribution in [3.63, 3.8) is 0 Å². The van der Waals surface area contributed by atoms with Gasteiger partial charge in [-0.2, -0.15) is 5.10 Å². The zero-order valence-electron chi connectivity index (χ0n) is 8.43. The van der Waals surface area contributed by atoms with Crippen LogP contribution in [0.3, 0.4) is 0 Å². The van der Waals surface area contributed by atoms with E-state index in [2.05, 4.69) is 45.4 Å². The summed E-state index contributed by atoms with van der Waals surface area (Å²) in [5, 5.41) is 7.71. The first-order valence-electron chi connectivity index (χ1n) is 5.27. The van der Waals surface area contributed by atoms with E-state index in [0.717, 1.165) is 18.8 Å². The topological polar surface area (TPSA) is 29.9 Å². The van der Waals surface area contributed by atoms with Crippen molar-refractivity contribution < 1.29 is 0 Å². The maximum absolute atomic E-state index is 4.37. The molecule has 0 bridgehead atoms. The van der Waals surface area contributed by atoms with Gasteiger partial charge in [-0.25, -0.2) is 4.68 Å². The number of benzene rings is 1. The van der Waals surface area contributed by atoms with Crippen LogP contribution in [0, 0.1) is 0 Å². The molecular formula is C12H13N3. The van der Waals surface area contributed by atoms with Crippen molar-refractivity contribution in [3.8, 4) is 0 Å². The first-order valence-corrected chi connectivity index (χ1v) is 5.27. The van der Waals surface area contributed by atoms with E-state index in [4.69, 9.17) is 0 Å². The summed E-state index contributed by atoms with van der Waals surface area (Å²) in [4.78, 5) is 0. The molecule has 1 unspecified atom stereocenters. The van der Waals surface area contributed by atoms with Crippen LogP contribution in [-0.2, 0) is 0 Å². The quantitative estimate of drug-likeness (QED) is 0.763. The highest BCUT2D eigenvalue weighted by Gasteiger charge is 2.20. The Labute approximate surface area is 88.7 Å². The van der Waals surface area contributed by atoms with Crippen LogP contribution >= 0.6 is 0 Å². The second-order valence-electron chi connectivity index (χ2n) is 3.80. The van der Waals surface area contributed by atoms with Crippen molar-refractivity contribution in [2.75, 3.05) is 11.9 Å². The van der Waals surface area contributed by atoms with Crippen LogP contribution in [0.4, 0.5) is 5.82 Å². The third-order valence-corrected chi connectivity index (χ3v) is 2.87. The molecule has 1 aliphatic rings. The van der Waals surface area contributed by atoms with Crippen molar-refractivity contribution in [2.45, 2.75) is 12.5 Å². The minimum atomic E-state index is 0.387. The molecule has 76 valence electrons. The van der Waals surface area contributed by atoms with E-state index in [-0.39, 0.29) is 0 Å². The van der Waals surface area contributed by atoms with Gasteiger partial charge in [0.05, 0.1) is 12.2 Å². The number of anilines is 1. The smallest absolute Gasteiger partial charge is 0.124 e. The standard InChI is InChI=1S/C12H13N3/c1-2-4-10(5-3-1)11-6-8-13-12-7-9-14-15(11)12/h1-5,7,9,11,13H,6,8H2. The normalized spacial score (nSPS) is 19.3. The Morgan fingerprint density at radius 2 is 2.07 bits per heavy atom. The van der Waals surface area contributed by atoms with Crippen LogP contribution in [0.2, 0.25) is 0 Å². The van der Waals surface area contributed by atoms with Crippen LogP contribution in [-0.4, -0.2) is 16.3 Å². The molecule has 2 aromatic rings. The number of fused-ring (bicyclic) bond motifs is 1. The minimum Gasteiger partial charge on any atom is -0.370 e. The lowest BCUT2D eigenvalue weighted by Gasteiger charge is -2.25. The molecule has 2 heterocycles. The predicted octanol–water partition coefficient (Wildman–Crippen LogP) is 2.29. The molecule has 3 nitrogen and oxygen atoms in total. The van der Waals surface area contributed by atoms with E-state index in [0.29, 0.717) is 6.04 Å². The number of hydrogen-bond donors (Lipinski definition) is 1. The molecule has 1 aromatic heterocycles. The van der Waals surface area contributed by atoms with E-state index in [1.165, 1.54) is 5.56 Å². The highest BCUT2D eigenvalue weighted by Crippen LogP contribution is 2.28. The number of hydrogen-bond acceptors (Lipinski definition) is 2. The van der Waals surface area contributed by atoms with Crippen LogP contribution in [0.15, 0.2) is 42.6 Å². The van der Waals surface area contributed by atoms with E-state index in [1.807, 2.05) is 12.3 Å². The zero-order chi connectivity index (χ0) is 10.1. The summed E-state index contributed by atoms with van der Waals surface area (Å²) in [5.41, 5.74) is 1.34. The number of rotatable bonds is 1. The molecule has 0 saturated heterocycles. The molecule has 0 radical (unpaired) electrons. The SMILES string of the molecule is c1ccc(C2CCNc3ccnn32)cc1. The summed E-state index contributed by atoms with van der Waals surface area (Å²) in [7, 11) is 0. The second-order valence-corrected chi connectivity index (χ2v) is 3.80. The average Bonchev–Trinajstić information content (AvgIpc) is 2.78. The van der Waals surface area contributed by atoms with Gasteiger partial charge in [-0.15, -0.1) is 0 Å². The van der Waals surface area contributed by atoms with Gasteiger partial charge in [0, 0.05) is 12.6 Å². The van der Waals surface area contributed by atoms with Gasteiger partial charge in [0.2, 0.25) is 0 Å². The molecule has 0 spiro atoms. The van der Waals surface area contributed by atoms with Crippen LogP contribution < -0.4 is 5.32 Å². The number of aromatic nitrogens is 2. The molecule has 0 aliphatic carbocycles. The zero-order valence-corrected chi connectivity index (χ0v) is 8.43. The Hall–Kier alpha value is -1.77. The average molecular weight is 199 g/mol. The highest BCUT2D eigenvalue weighted by molar-refractivity contribution is 5.38. The van der Waals surface area contributed by atoms with Gasteiger partial charge >= 0.3 is 0 Å². The summed E-state index contributed by atoms with van der Waals surface area (Å²) in [5.74, 6) is 1.12. The molecule has 3 heteroatoms. The first-order chi connectivity index (χ1) is 7.45. The van der Waals surface area contributed by atoms with Crippen molar-refractivity contribution in [2.24, 2.45) is 0 Å². The number of nitrogens with one attached hydrogen (secondary N) is 1. The van der Waals surface area contributed by atoms with Crippen LogP contribution in [0.5, 0.6) is 0 Å². The Kier molecular flexibility index (Phi) is 1.95.